The van der Waals surface area contributed by atoms with E-state index in [1.807, 2.05) is 6.08 Å². The van der Waals surface area contributed by atoms with Crippen LogP contribution in [0.15, 0.2) is 114 Å². The molecule has 1 nitrogen and oxygen atoms in total. The van der Waals surface area contributed by atoms with Gasteiger partial charge in [-0.3, -0.25) is 4.90 Å². The van der Waals surface area contributed by atoms with Gasteiger partial charge in [0.2, 0.25) is 0 Å². The average Bonchev–Trinajstić information content (AvgIpc) is 2.73. The number of anilines is 2. The minimum Gasteiger partial charge on any atom is -0.290 e. The molecule has 120 valence electrons. The number of hydrogen-bond donors (Lipinski definition) is 0. The first kappa shape index (κ1) is 15.0. The van der Waals surface area contributed by atoms with Crippen molar-refractivity contribution in [1.29, 1.82) is 0 Å². The van der Waals surface area contributed by atoms with E-state index in [0.29, 0.717) is 0 Å². The Balaban J connectivity index is 1.80. The zero-order valence-electron chi connectivity index (χ0n) is 14.3. The third-order valence-corrected chi connectivity index (χ3v) is 5.06. The summed E-state index contributed by atoms with van der Waals surface area (Å²) in [6.45, 7) is 0.222. The SMILES string of the molecule is [C+]1=CC2=C(C=C1)N(c1ccccc1)c1ccccc1B2c1ccccc1. The summed E-state index contributed by atoms with van der Waals surface area (Å²) in [7, 11) is 0. The van der Waals surface area contributed by atoms with E-state index in [-0.39, 0.29) is 6.71 Å². The van der Waals surface area contributed by atoms with Gasteiger partial charge in [0.25, 0.3) is 0 Å². The van der Waals surface area contributed by atoms with Crippen LogP contribution in [0.25, 0.3) is 0 Å². The van der Waals surface area contributed by atoms with Crippen LogP contribution in [-0.2, 0) is 0 Å². The molecule has 0 saturated carbocycles. The summed E-state index contributed by atoms with van der Waals surface area (Å²) in [4.78, 5) is 2.36. The summed E-state index contributed by atoms with van der Waals surface area (Å²) in [5.41, 5.74) is 7.58. The second kappa shape index (κ2) is 6.18. The molecule has 0 unspecified atom stereocenters. The lowest BCUT2D eigenvalue weighted by molar-refractivity contribution is 1.19. The van der Waals surface area contributed by atoms with Gasteiger partial charge in [0, 0.05) is 17.5 Å². The fourth-order valence-corrected chi connectivity index (χ4v) is 3.96. The Kier molecular flexibility index (Phi) is 3.56. The summed E-state index contributed by atoms with van der Waals surface area (Å²) in [6.07, 6.45) is 9.61. The molecule has 0 amide bonds. The Morgan fingerprint density at radius 2 is 1.42 bits per heavy atom. The maximum Gasteiger partial charge on any atom is 0.323 e. The van der Waals surface area contributed by atoms with Crippen molar-refractivity contribution < 1.29 is 0 Å². The highest BCUT2D eigenvalue weighted by Gasteiger charge is 2.41. The first-order chi connectivity index (χ1) is 12.9. The summed E-state index contributed by atoms with van der Waals surface area (Å²) in [5.74, 6) is 0. The van der Waals surface area contributed by atoms with E-state index in [9.17, 15) is 0 Å². The molecule has 0 spiro atoms. The number of benzene rings is 3. The Morgan fingerprint density at radius 3 is 2.23 bits per heavy atom. The molecule has 0 fully saturated rings. The van der Waals surface area contributed by atoms with Crippen molar-refractivity contribution in [3.05, 3.63) is 120 Å². The van der Waals surface area contributed by atoms with Gasteiger partial charge >= 0.3 is 6.71 Å². The fraction of sp³-hybridized carbons (Fsp3) is 0. The topological polar surface area (TPSA) is 3.24 Å². The summed E-state index contributed by atoms with van der Waals surface area (Å²) < 4.78 is 0. The monoisotopic (exact) mass is 330 g/mol. The van der Waals surface area contributed by atoms with Crippen LogP contribution in [0.4, 0.5) is 11.4 Å². The lowest BCUT2D eigenvalue weighted by atomic mass is 9.34. The largest absolute Gasteiger partial charge is 0.323 e. The van der Waals surface area contributed by atoms with Crippen molar-refractivity contribution in [1.82, 2.24) is 0 Å². The Morgan fingerprint density at radius 1 is 0.731 bits per heavy atom. The van der Waals surface area contributed by atoms with E-state index < -0.39 is 0 Å². The van der Waals surface area contributed by atoms with Gasteiger partial charge in [-0.05, 0) is 23.7 Å². The molecule has 3 aromatic rings. The molecular formula is C24H17BN+. The molecule has 0 atom stereocenters. The third kappa shape index (κ3) is 2.32. The predicted molar refractivity (Wildman–Crippen MR) is 110 cm³/mol. The smallest absolute Gasteiger partial charge is 0.290 e. The lowest BCUT2D eigenvalue weighted by Gasteiger charge is -2.33. The van der Waals surface area contributed by atoms with Crippen LogP contribution in [0.5, 0.6) is 0 Å². The van der Waals surface area contributed by atoms with Crippen LogP contribution in [0.3, 0.4) is 0 Å². The molecule has 0 saturated heterocycles. The standard InChI is InChI=1S/C24H17BN/c1-3-11-19(12-4-1)25-21-15-7-9-17-23(21)26(20-13-5-2-6-14-20)24-18-10-8-16-22(24)25/h1-7,9-18H/q+1. The van der Waals surface area contributed by atoms with E-state index >= 15 is 0 Å². The van der Waals surface area contributed by atoms with E-state index in [2.05, 4.69) is 108 Å². The van der Waals surface area contributed by atoms with Gasteiger partial charge in [-0.1, -0.05) is 72.2 Å². The highest BCUT2D eigenvalue weighted by Crippen LogP contribution is 2.36. The number of rotatable bonds is 2. The molecule has 0 N–H and O–H groups in total. The Hall–Kier alpha value is -3.35. The van der Waals surface area contributed by atoms with E-state index in [1.54, 1.807) is 0 Å². The van der Waals surface area contributed by atoms with Gasteiger partial charge in [0.05, 0.1) is 17.6 Å². The molecule has 2 heteroatoms. The highest BCUT2D eigenvalue weighted by molar-refractivity contribution is 6.93. The Bertz CT molecular complexity index is 948. The molecule has 3 aromatic carbocycles. The first-order valence-corrected chi connectivity index (χ1v) is 8.92. The van der Waals surface area contributed by atoms with Gasteiger partial charge in [-0.2, -0.15) is 0 Å². The van der Waals surface area contributed by atoms with E-state index in [4.69, 9.17) is 0 Å². The van der Waals surface area contributed by atoms with Crippen LogP contribution in [-0.4, -0.2) is 6.71 Å². The number of nitrogens with zero attached hydrogens (tertiary/aromatic N) is 1. The van der Waals surface area contributed by atoms with Crippen LogP contribution < -0.4 is 15.8 Å². The second-order valence-corrected chi connectivity index (χ2v) is 6.56. The zero-order chi connectivity index (χ0) is 17.3. The van der Waals surface area contributed by atoms with Gasteiger partial charge in [-0.25, -0.2) is 0 Å². The Labute approximate surface area is 154 Å². The van der Waals surface area contributed by atoms with Crippen molar-refractivity contribution in [2.24, 2.45) is 0 Å². The second-order valence-electron chi connectivity index (χ2n) is 6.56. The van der Waals surface area contributed by atoms with Gasteiger partial charge < -0.3 is 0 Å². The quantitative estimate of drug-likeness (QED) is 0.504. The molecule has 1 heterocycles. The van der Waals surface area contributed by atoms with Crippen molar-refractivity contribution >= 4 is 29.0 Å². The lowest BCUT2D eigenvalue weighted by Crippen LogP contribution is -2.50. The van der Waals surface area contributed by atoms with Crippen molar-refractivity contribution in [2.45, 2.75) is 0 Å². The van der Waals surface area contributed by atoms with Crippen molar-refractivity contribution in [3.8, 4) is 0 Å². The number of fused-ring (bicyclic) bond motifs is 1. The number of allylic oxidation sites excluding steroid dienone is 5. The van der Waals surface area contributed by atoms with E-state index in [0.717, 1.165) is 0 Å². The van der Waals surface area contributed by atoms with Crippen LogP contribution >= 0.6 is 0 Å². The summed E-state index contributed by atoms with van der Waals surface area (Å²) in [6, 6.07) is 30.1. The fourth-order valence-electron chi connectivity index (χ4n) is 3.96. The molecule has 0 aromatic heterocycles. The number of para-hydroxylation sites is 2. The normalized spacial score (nSPS) is 14.8. The molecule has 1 aliphatic carbocycles. The minimum absolute atomic E-state index is 0.222. The van der Waals surface area contributed by atoms with Crippen LogP contribution in [0.2, 0.25) is 0 Å². The molecule has 2 aliphatic rings. The molecule has 0 bridgehead atoms. The minimum atomic E-state index is 0.222. The maximum atomic E-state index is 3.30. The van der Waals surface area contributed by atoms with Crippen LogP contribution in [0, 0.1) is 6.08 Å². The van der Waals surface area contributed by atoms with Gasteiger partial charge in [-0.15, -0.1) is 0 Å². The summed E-state index contributed by atoms with van der Waals surface area (Å²) in [5, 5.41) is 0. The van der Waals surface area contributed by atoms with Gasteiger partial charge in [0.1, 0.15) is 6.08 Å². The number of hydrogen-bond acceptors (Lipinski definition) is 1. The van der Waals surface area contributed by atoms with Crippen molar-refractivity contribution in [3.63, 3.8) is 0 Å². The molecular weight excluding hydrogens is 313 g/mol. The molecule has 26 heavy (non-hydrogen) atoms. The third-order valence-electron chi connectivity index (χ3n) is 5.06. The summed E-state index contributed by atoms with van der Waals surface area (Å²) >= 11 is 0. The van der Waals surface area contributed by atoms with Crippen molar-refractivity contribution in [2.75, 3.05) is 4.90 Å². The zero-order valence-corrected chi connectivity index (χ0v) is 14.3. The highest BCUT2D eigenvalue weighted by atomic mass is 15.2. The first-order valence-electron chi connectivity index (χ1n) is 8.92. The van der Waals surface area contributed by atoms with Gasteiger partial charge in [0.15, 0.2) is 5.70 Å². The van der Waals surface area contributed by atoms with E-state index in [1.165, 1.54) is 33.5 Å². The predicted octanol–water partition coefficient (Wildman–Crippen LogP) is 4.17. The average molecular weight is 330 g/mol. The molecule has 0 radical (unpaired) electrons. The molecule has 5 rings (SSSR count). The van der Waals surface area contributed by atoms with Crippen LogP contribution in [0.1, 0.15) is 0 Å². The molecule has 1 aliphatic heterocycles. The maximum absolute atomic E-state index is 3.30.